The molecule has 0 saturated heterocycles. The molecule has 0 bridgehead atoms. The standard InChI is InChI=1S/C13H19BrClN/c1-4-16-13(5-9(2)3)10-6-11(14)8-12(15)7-10/h6-9,13,16H,4-5H2,1-3H3. The molecule has 1 aromatic carbocycles. The average molecular weight is 305 g/mol. The van der Waals surface area contributed by atoms with E-state index in [1.54, 1.807) is 0 Å². The van der Waals surface area contributed by atoms with E-state index in [1.165, 1.54) is 5.56 Å². The Morgan fingerprint density at radius 2 is 2.00 bits per heavy atom. The summed E-state index contributed by atoms with van der Waals surface area (Å²) in [6.45, 7) is 7.59. The van der Waals surface area contributed by atoms with Gasteiger partial charge in [-0.05, 0) is 42.6 Å². The Hall–Kier alpha value is -0.0500. The van der Waals surface area contributed by atoms with Crippen LogP contribution in [0.5, 0.6) is 0 Å². The van der Waals surface area contributed by atoms with Gasteiger partial charge in [-0.2, -0.15) is 0 Å². The fraction of sp³-hybridized carbons (Fsp3) is 0.538. The van der Waals surface area contributed by atoms with Gasteiger partial charge in [-0.1, -0.05) is 48.3 Å². The zero-order chi connectivity index (χ0) is 12.1. The van der Waals surface area contributed by atoms with Crippen molar-refractivity contribution in [3.05, 3.63) is 33.3 Å². The molecule has 16 heavy (non-hydrogen) atoms. The zero-order valence-corrected chi connectivity index (χ0v) is 12.4. The largest absolute Gasteiger partial charge is 0.310 e. The molecule has 0 saturated carbocycles. The van der Waals surface area contributed by atoms with Crippen LogP contribution in [0.25, 0.3) is 0 Å². The highest BCUT2D eigenvalue weighted by molar-refractivity contribution is 9.10. The van der Waals surface area contributed by atoms with Gasteiger partial charge in [0.2, 0.25) is 0 Å². The van der Waals surface area contributed by atoms with Crippen LogP contribution in [-0.2, 0) is 0 Å². The first-order valence-electron chi connectivity index (χ1n) is 5.72. The van der Waals surface area contributed by atoms with Gasteiger partial charge in [0.25, 0.3) is 0 Å². The molecule has 1 N–H and O–H groups in total. The Balaban J connectivity index is 2.90. The van der Waals surface area contributed by atoms with E-state index in [0.29, 0.717) is 12.0 Å². The van der Waals surface area contributed by atoms with Crippen molar-refractivity contribution in [2.45, 2.75) is 33.2 Å². The first-order valence-corrected chi connectivity index (χ1v) is 6.89. The van der Waals surface area contributed by atoms with Gasteiger partial charge in [0.15, 0.2) is 0 Å². The molecule has 0 aliphatic heterocycles. The van der Waals surface area contributed by atoms with Crippen molar-refractivity contribution in [3.8, 4) is 0 Å². The summed E-state index contributed by atoms with van der Waals surface area (Å²) in [6, 6.07) is 6.49. The maximum atomic E-state index is 6.07. The fourth-order valence-corrected chi connectivity index (χ4v) is 2.72. The molecule has 0 aromatic heterocycles. The van der Waals surface area contributed by atoms with Crippen molar-refractivity contribution in [1.82, 2.24) is 5.32 Å². The average Bonchev–Trinajstić information content (AvgIpc) is 2.14. The van der Waals surface area contributed by atoms with Gasteiger partial charge in [0.1, 0.15) is 0 Å². The zero-order valence-electron chi connectivity index (χ0n) is 10.1. The van der Waals surface area contributed by atoms with Crippen LogP contribution >= 0.6 is 27.5 Å². The Morgan fingerprint density at radius 3 is 2.50 bits per heavy atom. The van der Waals surface area contributed by atoms with Crippen molar-refractivity contribution < 1.29 is 0 Å². The van der Waals surface area contributed by atoms with Crippen LogP contribution in [-0.4, -0.2) is 6.54 Å². The second-order valence-corrected chi connectivity index (χ2v) is 5.79. The molecule has 1 atom stereocenters. The number of benzene rings is 1. The van der Waals surface area contributed by atoms with E-state index in [-0.39, 0.29) is 0 Å². The monoisotopic (exact) mass is 303 g/mol. The lowest BCUT2D eigenvalue weighted by Crippen LogP contribution is -2.22. The number of nitrogens with one attached hydrogen (secondary N) is 1. The summed E-state index contributed by atoms with van der Waals surface area (Å²) >= 11 is 9.56. The third kappa shape index (κ3) is 4.44. The first-order chi connectivity index (χ1) is 7.52. The fourth-order valence-electron chi connectivity index (χ4n) is 1.83. The predicted molar refractivity (Wildman–Crippen MR) is 75.0 cm³/mol. The van der Waals surface area contributed by atoms with Crippen molar-refractivity contribution in [2.75, 3.05) is 6.54 Å². The Kier molecular flexibility index (Phi) is 5.81. The molecule has 90 valence electrons. The van der Waals surface area contributed by atoms with Gasteiger partial charge in [-0.15, -0.1) is 0 Å². The van der Waals surface area contributed by atoms with Crippen molar-refractivity contribution in [1.29, 1.82) is 0 Å². The molecule has 1 unspecified atom stereocenters. The third-order valence-electron chi connectivity index (χ3n) is 2.44. The molecular formula is C13H19BrClN. The molecule has 0 amide bonds. The molecule has 3 heteroatoms. The smallest absolute Gasteiger partial charge is 0.0420 e. The van der Waals surface area contributed by atoms with E-state index in [1.807, 2.05) is 12.1 Å². The number of hydrogen-bond acceptors (Lipinski definition) is 1. The van der Waals surface area contributed by atoms with Crippen LogP contribution < -0.4 is 5.32 Å². The molecule has 1 aromatic rings. The van der Waals surface area contributed by atoms with Crippen molar-refractivity contribution in [2.24, 2.45) is 5.92 Å². The maximum absolute atomic E-state index is 6.07. The van der Waals surface area contributed by atoms with Crippen LogP contribution in [0.2, 0.25) is 5.02 Å². The van der Waals surface area contributed by atoms with Crippen LogP contribution in [0, 0.1) is 5.92 Å². The van der Waals surface area contributed by atoms with Crippen LogP contribution in [0.4, 0.5) is 0 Å². The maximum Gasteiger partial charge on any atom is 0.0420 e. The van der Waals surface area contributed by atoms with Gasteiger partial charge in [-0.3, -0.25) is 0 Å². The Bertz CT molecular complexity index is 318. The SMILES string of the molecule is CCNC(CC(C)C)c1cc(Cl)cc(Br)c1. The van der Waals surface area contributed by atoms with Crippen molar-refractivity contribution >= 4 is 27.5 Å². The van der Waals surface area contributed by atoms with Gasteiger partial charge < -0.3 is 5.32 Å². The van der Waals surface area contributed by atoms with E-state index in [9.17, 15) is 0 Å². The lowest BCUT2D eigenvalue weighted by atomic mass is 9.97. The summed E-state index contributed by atoms with van der Waals surface area (Å²) in [5.41, 5.74) is 1.26. The summed E-state index contributed by atoms with van der Waals surface area (Å²) in [5, 5.41) is 4.29. The molecule has 1 rings (SSSR count). The quantitative estimate of drug-likeness (QED) is 0.824. The van der Waals surface area contributed by atoms with Gasteiger partial charge in [-0.25, -0.2) is 0 Å². The van der Waals surface area contributed by atoms with Gasteiger partial charge in [0, 0.05) is 15.5 Å². The normalized spacial score (nSPS) is 13.1. The minimum atomic E-state index is 0.389. The number of hydrogen-bond donors (Lipinski definition) is 1. The number of rotatable bonds is 5. The minimum absolute atomic E-state index is 0.389. The van der Waals surface area contributed by atoms with Crippen LogP contribution in [0.3, 0.4) is 0 Å². The second kappa shape index (κ2) is 6.63. The van der Waals surface area contributed by atoms with E-state index in [4.69, 9.17) is 11.6 Å². The lowest BCUT2D eigenvalue weighted by molar-refractivity contribution is 0.438. The van der Waals surface area contributed by atoms with Crippen molar-refractivity contribution in [3.63, 3.8) is 0 Å². The van der Waals surface area contributed by atoms with Crippen LogP contribution in [0.1, 0.15) is 38.8 Å². The topological polar surface area (TPSA) is 12.0 Å². The molecule has 0 fully saturated rings. The van der Waals surface area contributed by atoms with E-state index in [2.05, 4.69) is 48.1 Å². The summed E-state index contributed by atoms with van der Waals surface area (Å²) in [5.74, 6) is 0.668. The summed E-state index contributed by atoms with van der Waals surface area (Å²) in [4.78, 5) is 0. The minimum Gasteiger partial charge on any atom is -0.310 e. The molecule has 0 radical (unpaired) electrons. The number of halogens is 2. The molecule has 1 nitrogen and oxygen atoms in total. The molecule has 0 spiro atoms. The summed E-state index contributed by atoms with van der Waals surface area (Å²) < 4.78 is 1.04. The highest BCUT2D eigenvalue weighted by Crippen LogP contribution is 2.27. The molecular weight excluding hydrogens is 286 g/mol. The highest BCUT2D eigenvalue weighted by Gasteiger charge is 2.13. The first kappa shape index (κ1) is 14.0. The van der Waals surface area contributed by atoms with E-state index in [0.717, 1.165) is 22.5 Å². The second-order valence-electron chi connectivity index (χ2n) is 4.44. The van der Waals surface area contributed by atoms with Gasteiger partial charge in [0.05, 0.1) is 0 Å². The predicted octanol–water partition coefficient (Wildman–Crippen LogP) is 4.80. The third-order valence-corrected chi connectivity index (χ3v) is 3.12. The Morgan fingerprint density at radius 1 is 1.31 bits per heavy atom. The molecule has 0 heterocycles. The van der Waals surface area contributed by atoms with Gasteiger partial charge >= 0.3 is 0 Å². The highest BCUT2D eigenvalue weighted by atomic mass is 79.9. The lowest BCUT2D eigenvalue weighted by Gasteiger charge is -2.21. The van der Waals surface area contributed by atoms with E-state index < -0.39 is 0 Å². The van der Waals surface area contributed by atoms with E-state index >= 15 is 0 Å². The summed E-state index contributed by atoms with van der Waals surface area (Å²) in [7, 11) is 0. The summed E-state index contributed by atoms with van der Waals surface area (Å²) in [6.07, 6.45) is 1.13. The molecule has 0 aliphatic rings. The van der Waals surface area contributed by atoms with Crippen LogP contribution in [0.15, 0.2) is 22.7 Å². The molecule has 0 aliphatic carbocycles. The Labute approximate surface area is 112 Å².